The molecule has 0 spiro atoms. The first-order valence-corrected chi connectivity index (χ1v) is 14.3. The second-order valence-corrected chi connectivity index (χ2v) is 11.9. The fraction of sp³-hybridized carbons (Fsp3) is 0.593. The van der Waals surface area contributed by atoms with Crippen molar-refractivity contribution in [1.29, 1.82) is 0 Å². The number of aromatic nitrogens is 3. The molecule has 0 N–H and O–H groups in total. The van der Waals surface area contributed by atoms with Crippen molar-refractivity contribution in [1.82, 2.24) is 24.8 Å². The Kier molecular flexibility index (Phi) is 9.98. The van der Waals surface area contributed by atoms with Crippen LogP contribution in [0.15, 0.2) is 24.3 Å². The van der Waals surface area contributed by atoms with Crippen molar-refractivity contribution in [2.45, 2.75) is 58.4 Å². The van der Waals surface area contributed by atoms with Crippen molar-refractivity contribution < 1.29 is 28.2 Å². The van der Waals surface area contributed by atoms with Gasteiger partial charge in [0.1, 0.15) is 17.1 Å². The molecule has 12 heteroatoms. The highest BCUT2D eigenvalue weighted by molar-refractivity contribution is 7.97. The van der Waals surface area contributed by atoms with Crippen LogP contribution in [0.25, 0.3) is 5.69 Å². The molecule has 1 aliphatic heterocycles. The zero-order chi connectivity index (χ0) is 28.9. The van der Waals surface area contributed by atoms with E-state index in [-0.39, 0.29) is 30.4 Å². The fourth-order valence-electron chi connectivity index (χ4n) is 4.59. The lowest BCUT2D eigenvalue weighted by molar-refractivity contribution is -0.148. The number of esters is 1. The molecule has 1 saturated heterocycles. The smallest absolute Gasteiger partial charge is 0.410 e. The lowest BCUT2D eigenvalue weighted by atomic mass is 9.92. The van der Waals surface area contributed by atoms with Crippen LogP contribution in [0, 0.1) is 17.7 Å². The van der Waals surface area contributed by atoms with Crippen LogP contribution in [-0.2, 0) is 20.0 Å². The minimum Gasteiger partial charge on any atom is -0.469 e. The third-order valence-electron chi connectivity index (χ3n) is 6.21. The summed E-state index contributed by atoms with van der Waals surface area (Å²) in [6.07, 6.45) is 1.62. The molecule has 2 atom stereocenters. The van der Waals surface area contributed by atoms with E-state index < -0.39 is 41.3 Å². The van der Waals surface area contributed by atoms with Crippen LogP contribution < -0.4 is 0 Å². The maximum atomic E-state index is 14.6. The number of carbonyl (C=O) groups excluding carboxylic acids is 3. The number of likely N-dealkylation sites (tertiary alicyclic amines) is 1. The monoisotopic (exact) mass is 563 g/mol. The molecule has 39 heavy (non-hydrogen) atoms. The van der Waals surface area contributed by atoms with Crippen molar-refractivity contribution in [3.8, 4) is 5.69 Å². The Bertz CT molecular complexity index is 1180. The number of thioether (sulfide) groups is 1. The number of nitrogens with zero attached hydrogens (tertiary/aromatic N) is 5. The number of hydrogen-bond donors (Lipinski definition) is 0. The van der Waals surface area contributed by atoms with Crippen LogP contribution in [0.4, 0.5) is 9.18 Å². The van der Waals surface area contributed by atoms with Gasteiger partial charge in [-0.3, -0.25) is 9.59 Å². The summed E-state index contributed by atoms with van der Waals surface area (Å²) in [6.45, 7) is 9.92. The van der Waals surface area contributed by atoms with Gasteiger partial charge in [0.05, 0.1) is 24.8 Å². The summed E-state index contributed by atoms with van der Waals surface area (Å²) in [5.41, 5.74) is 0.0480. The van der Waals surface area contributed by atoms with Crippen LogP contribution in [0.2, 0.25) is 0 Å². The summed E-state index contributed by atoms with van der Waals surface area (Å²) in [5, 5.41) is 8.33. The molecule has 0 unspecified atom stereocenters. The van der Waals surface area contributed by atoms with E-state index in [1.165, 1.54) is 34.5 Å². The largest absolute Gasteiger partial charge is 0.469 e. The quantitative estimate of drug-likeness (QED) is 0.441. The van der Waals surface area contributed by atoms with E-state index >= 15 is 0 Å². The zero-order valence-electron chi connectivity index (χ0n) is 23.6. The molecule has 2 heterocycles. The second-order valence-electron chi connectivity index (χ2n) is 11.0. The molecule has 1 aromatic carbocycles. The Labute approximate surface area is 233 Å². The van der Waals surface area contributed by atoms with Crippen molar-refractivity contribution in [2.24, 2.45) is 11.8 Å². The molecule has 3 rings (SSSR count). The summed E-state index contributed by atoms with van der Waals surface area (Å²) >= 11 is 1.46. The Hall–Kier alpha value is -3.15. The number of rotatable bonds is 8. The third-order valence-corrected chi connectivity index (χ3v) is 6.77. The van der Waals surface area contributed by atoms with Gasteiger partial charge < -0.3 is 19.3 Å². The summed E-state index contributed by atoms with van der Waals surface area (Å²) < 4.78 is 26.6. The van der Waals surface area contributed by atoms with Crippen LogP contribution in [0.3, 0.4) is 0 Å². The van der Waals surface area contributed by atoms with Crippen molar-refractivity contribution in [3.63, 3.8) is 0 Å². The molecule has 0 bridgehead atoms. The maximum absolute atomic E-state index is 14.6. The van der Waals surface area contributed by atoms with E-state index in [1.807, 2.05) is 20.1 Å². The molecule has 214 valence electrons. The Morgan fingerprint density at radius 1 is 1.21 bits per heavy atom. The summed E-state index contributed by atoms with van der Waals surface area (Å²) in [6, 6.07) is 5.67. The van der Waals surface area contributed by atoms with Gasteiger partial charge in [0.15, 0.2) is 5.69 Å². The van der Waals surface area contributed by atoms with Gasteiger partial charge in [0, 0.05) is 25.4 Å². The first-order chi connectivity index (χ1) is 18.4. The highest BCUT2D eigenvalue weighted by Crippen LogP contribution is 2.28. The highest BCUT2D eigenvalue weighted by Gasteiger charge is 2.41. The highest BCUT2D eigenvalue weighted by atomic mass is 32.2. The molecule has 2 aromatic rings. The lowest BCUT2D eigenvalue weighted by Gasteiger charge is -2.42. The molecule has 1 aromatic heterocycles. The van der Waals surface area contributed by atoms with Crippen LogP contribution in [-0.4, -0.2) is 87.4 Å². The molecule has 10 nitrogen and oxygen atoms in total. The number of carbonyl (C=O) groups is 3. The van der Waals surface area contributed by atoms with Gasteiger partial charge in [0.2, 0.25) is 0 Å². The van der Waals surface area contributed by atoms with Gasteiger partial charge in [-0.25, -0.2) is 13.9 Å². The first-order valence-electron chi connectivity index (χ1n) is 12.9. The van der Waals surface area contributed by atoms with Gasteiger partial charge in [-0.05, 0) is 51.5 Å². The molecular formula is C27H38FN5O5S. The molecule has 0 saturated carbocycles. The summed E-state index contributed by atoms with van der Waals surface area (Å²) in [5.74, 6) is -1.52. The minimum absolute atomic E-state index is 0.0769. The normalized spacial score (nSPS) is 17.7. The Morgan fingerprint density at radius 3 is 2.49 bits per heavy atom. The zero-order valence-corrected chi connectivity index (χ0v) is 24.5. The number of amides is 2. The molecule has 0 aliphatic carbocycles. The predicted octanol–water partition coefficient (Wildman–Crippen LogP) is 4.17. The van der Waals surface area contributed by atoms with Crippen LogP contribution in [0.1, 0.15) is 57.2 Å². The number of halogens is 1. The van der Waals surface area contributed by atoms with Gasteiger partial charge in [-0.15, -0.1) is 5.10 Å². The molecule has 1 aliphatic rings. The van der Waals surface area contributed by atoms with Gasteiger partial charge in [-0.1, -0.05) is 31.2 Å². The standard InChI is InChI=1S/C27H38FN5O5S/c1-17(2)13-32(19-12-18(25(35)37-6)14-31(15-19)26(36)38-27(3,4)5)24(34)23-22(16-39-7)33(30-29-23)21-11-9-8-10-20(21)28/h8-11,17-19H,12-16H2,1-7H3/t18-,19+/m1/s1. The molecule has 2 amide bonds. The maximum Gasteiger partial charge on any atom is 0.410 e. The number of piperidine rings is 1. The topological polar surface area (TPSA) is 107 Å². The Balaban J connectivity index is 2.02. The number of benzene rings is 1. The predicted molar refractivity (Wildman–Crippen MR) is 146 cm³/mol. The van der Waals surface area contributed by atoms with E-state index in [9.17, 15) is 18.8 Å². The summed E-state index contributed by atoms with van der Waals surface area (Å²) in [4.78, 5) is 42.9. The number of methoxy groups -OCH3 is 1. The number of ether oxygens (including phenoxy) is 2. The lowest BCUT2D eigenvalue weighted by Crippen LogP contribution is -2.57. The van der Waals surface area contributed by atoms with E-state index in [0.29, 0.717) is 24.4 Å². The van der Waals surface area contributed by atoms with Gasteiger partial charge in [0.25, 0.3) is 5.91 Å². The first kappa shape index (κ1) is 30.4. The number of hydrogen-bond acceptors (Lipinski definition) is 8. The molecule has 1 fully saturated rings. The van der Waals surface area contributed by atoms with E-state index in [2.05, 4.69) is 10.3 Å². The fourth-order valence-corrected chi connectivity index (χ4v) is 5.12. The Morgan fingerprint density at radius 2 is 1.90 bits per heavy atom. The minimum atomic E-state index is -0.726. The average Bonchev–Trinajstić information content (AvgIpc) is 3.28. The van der Waals surface area contributed by atoms with Crippen molar-refractivity contribution >= 4 is 29.7 Å². The van der Waals surface area contributed by atoms with Gasteiger partial charge in [-0.2, -0.15) is 11.8 Å². The van der Waals surface area contributed by atoms with Crippen molar-refractivity contribution in [2.75, 3.05) is 33.0 Å². The molecular weight excluding hydrogens is 525 g/mol. The molecule has 0 radical (unpaired) electrons. The van der Waals surface area contributed by atoms with Crippen LogP contribution in [0.5, 0.6) is 0 Å². The third kappa shape index (κ3) is 7.49. The van der Waals surface area contributed by atoms with E-state index in [1.54, 1.807) is 43.9 Å². The number of para-hydroxylation sites is 1. The van der Waals surface area contributed by atoms with Crippen LogP contribution >= 0.6 is 11.8 Å². The van der Waals surface area contributed by atoms with E-state index in [4.69, 9.17) is 9.47 Å². The van der Waals surface area contributed by atoms with Gasteiger partial charge >= 0.3 is 12.1 Å². The van der Waals surface area contributed by atoms with Crippen molar-refractivity contribution in [3.05, 3.63) is 41.5 Å². The van der Waals surface area contributed by atoms with E-state index in [0.717, 1.165) is 0 Å². The second kappa shape index (κ2) is 12.8. The summed E-state index contributed by atoms with van der Waals surface area (Å²) in [7, 11) is 1.30. The average molecular weight is 564 g/mol. The SMILES string of the molecule is COC(=O)[C@@H]1C[C@H](N(CC(C)C)C(=O)c2nnn(-c3ccccc3F)c2CSC)CN(C(=O)OC(C)(C)C)C1.